The SMILES string of the molecule is C=CC#N.CC=O. The van der Waals surface area contributed by atoms with Gasteiger partial charge in [0.2, 0.25) is 0 Å². The van der Waals surface area contributed by atoms with Crippen LogP contribution in [0.15, 0.2) is 12.7 Å². The first-order valence-electron chi connectivity index (χ1n) is 1.73. The Morgan fingerprint density at radius 3 is 2.00 bits per heavy atom. The Morgan fingerprint density at radius 2 is 2.00 bits per heavy atom. The van der Waals surface area contributed by atoms with Gasteiger partial charge in [-0.1, -0.05) is 6.58 Å². The zero-order valence-corrected chi connectivity index (χ0v) is 4.22. The molecule has 0 rings (SSSR count). The molecule has 0 fully saturated rings. The highest BCUT2D eigenvalue weighted by Gasteiger charge is 1.34. The van der Waals surface area contributed by atoms with Crippen LogP contribution in [-0.2, 0) is 4.79 Å². The highest BCUT2D eigenvalue weighted by molar-refractivity contribution is 5.44. The Hall–Kier alpha value is -1.10. The Labute approximate surface area is 43.1 Å². The highest BCUT2D eigenvalue weighted by Crippen LogP contribution is 1.41. The van der Waals surface area contributed by atoms with Gasteiger partial charge in [0.25, 0.3) is 0 Å². The Kier molecular flexibility index (Phi) is 27.5. The molecule has 0 aliphatic carbocycles. The fourth-order valence-corrected chi connectivity index (χ4v) is 0. The predicted octanol–water partition coefficient (Wildman–Crippen LogP) is 0.901. The second kappa shape index (κ2) is 20.6. The summed E-state index contributed by atoms with van der Waals surface area (Å²) >= 11 is 0. The van der Waals surface area contributed by atoms with Crippen molar-refractivity contribution in [3.8, 4) is 6.07 Å². The van der Waals surface area contributed by atoms with Crippen molar-refractivity contribution >= 4 is 6.29 Å². The van der Waals surface area contributed by atoms with Gasteiger partial charge in [-0.25, -0.2) is 0 Å². The van der Waals surface area contributed by atoms with Crippen molar-refractivity contribution in [1.82, 2.24) is 0 Å². The van der Waals surface area contributed by atoms with E-state index in [1.165, 1.54) is 13.0 Å². The molecule has 0 atom stereocenters. The van der Waals surface area contributed by atoms with E-state index in [0.717, 1.165) is 6.29 Å². The van der Waals surface area contributed by atoms with Crippen LogP contribution in [0, 0.1) is 11.3 Å². The van der Waals surface area contributed by atoms with Gasteiger partial charge in [-0.15, -0.1) is 0 Å². The number of allylic oxidation sites excluding steroid dienone is 1. The molecule has 7 heavy (non-hydrogen) atoms. The minimum absolute atomic E-state index is 0.750. The molecule has 2 heteroatoms. The van der Waals surface area contributed by atoms with Gasteiger partial charge in [0, 0.05) is 6.08 Å². The fraction of sp³-hybridized carbons (Fsp3) is 0.200. The van der Waals surface area contributed by atoms with Crippen LogP contribution in [0.2, 0.25) is 0 Å². The largest absolute Gasteiger partial charge is 0.304 e. The average Bonchev–Trinajstić information content (AvgIpc) is 1.69. The molecular weight excluding hydrogens is 90.1 g/mol. The van der Waals surface area contributed by atoms with E-state index in [0.29, 0.717) is 0 Å². The summed E-state index contributed by atoms with van der Waals surface area (Å²) in [4.78, 5) is 8.81. The van der Waals surface area contributed by atoms with Crippen molar-refractivity contribution < 1.29 is 4.79 Å². The van der Waals surface area contributed by atoms with E-state index >= 15 is 0 Å². The van der Waals surface area contributed by atoms with Crippen molar-refractivity contribution in [3.63, 3.8) is 0 Å². The van der Waals surface area contributed by atoms with Gasteiger partial charge in [0.05, 0.1) is 6.07 Å². The van der Waals surface area contributed by atoms with E-state index in [2.05, 4.69) is 6.58 Å². The topological polar surface area (TPSA) is 40.9 Å². The molecular formula is C5H7NO. The molecule has 0 bridgehead atoms. The summed E-state index contributed by atoms with van der Waals surface area (Å²) in [6, 6.07) is 1.69. The molecule has 0 heterocycles. The van der Waals surface area contributed by atoms with E-state index in [-0.39, 0.29) is 0 Å². The molecule has 0 radical (unpaired) electrons. The first-order chi connectivity index (χ1) is 3.33. The Morgan fingerprint density at radius 1 is 1.86 bits per heavy atom. The molecule has 0 spiro atoms. The minimum Gasteiger partial charge on any atom is -0.304 e. The minimum atomic E-state index is 0.750. The van der Waals surface area contributed by atoms with Crippen LogP contribution >= 0.6 is 0 Å². The van der Waals surface area contributed by atoms with Crippen LogP contribution in [0.1, 0.15) is 6.92 Å². The number of hydrogen-bond donors (Lipinski definition) is 0. The molecule has 0 unspecified atom stereocenters. The maximum absolute atomic E-state index is 8.81. The summed E-state index contributed by atoms with van der Waals surface area (Å²) < 4.78 is 0. The number of rotatable bonds is 0. The summed E-state index contributed by atoms with van der Waals surface area (Å²) in [5.74, 6) is 0. The number of hydrogen-bond acceptors (Lipinski definition) is 2. The molecule has 0 aliphatic heterocycles. The summed E-state index contributed by atoms with van der Waals surface area (Å²) in [6.45, 7) is 4.56. The quantitative estimate of drug-likeness (QED) is 0.333. The fourth-order valence-electron chi connectivity index (χ4n) is 0. The van der Waals surface area contributed by atoms with Gasteiger partial charge in [-0.3, -0.25) is 0 Å². The monoisotopic (exact) mass is 97.1 g/mol. The van der Waals surface area contributed by atoms with Crippen molar-refractivity contribution in [2.75, 3.05) is 0 Å². The highest BCUT2D eigenvalue weighted by atomic mass is 16.1. The molecule has 0 aromatic carbocycles. The Bertz CT molecular complexity index is 80.6. The van der Waals surface area contributed by atoms with Gasteiger partial charge in [0.1, 0.15) is 6.29 Å². The first-order valence-corrected chi connectivity index (χ1v) is 1.73. The molecule has 0 saturated carbocycles. The van der Waals surface area contributed by atoms with Crippen molar-refractivity contribution in [1.29, 1.82) is 5.26 Å². The maximum atomic E-state index is 8.81. The van der Waals surface area contributed by atoms with Crippen LogP contribution in [-0.4, -0.2) is 6.29 Å². The standard InChI is InChI=1S/C3H3N.C2H4O/c1-2-3-4;1-2-3/h2H,1H2;2H,1H3. The average molecular weight is 97.1 g/mol. The van der Waals surface area contributed by atoms with Gasteiger partial charge in [-0.05, 0) is 6.92 Å². The summed E-state index contributed by atoms with van der Waals surface area (Å²) in [5.41, 5.74) is 0. The van der Waals surface area contributed by atoms with Crippen LogP contribution in [0.25, 0.3) is 0 Å². The summed E-state index contributed by atoms with van der Waals surface area (Å²) in [7, 11) is 0. The lowest BCUT2D eigenvalue weighted by Crippen LogP contribution is -1.36. The predicted molar refractivity (Wildman–Crippen MR) is 27.5 cm³/mol. The molecule has 2 nitrogen and oxygen atoms in total. The lowest BCUT2D eigenvalue weighted by molar-refractivity contribution is -0.106. The van der Waals surface area contributed by atoms with Crippen molar-refractivity contribution in [3.05, 3.63) is 12.7 Å². The van der Waals surface area contributed by atoms with Gasteiger partial charge in [-0.2, -0.15) is 5.26 Å². The van der Waals surface area contributed by atoms with Crippen LogP contribution in [0.3, 0.4) is 0 Å². The molecule has 0 N–H and O–H groups in total. The van der Waals surface area contributed by atoms with Crippen LogP contribution in [0.5, 0.6) is 0 Å². The van der Waals surface area contributed by atoms with E-state index in [4.69, 9.17) is 10.1 Å². The smallest absolute Gasteiger partial charge is 0.116 e. The Balaban J connectivity index is 0. The molecule has 0 aliphatic rings. The van der Waals surface area contributed by atoms with Gasteiger partial charge >= 0.3 is 0 Å². The summed E-state index contributed by atoms with van der Waals surface area (Å²) in [6.07, 6.45) is 1.93. The molecule has 0 saturated heterocycles. The third-order valence-electron chi connectivity index (χ3n) is 0.0913. The van der Waals surface area contributed by atoms with Crippen molar-refractivity contribution in [2.24, 2.45) is 0 Å². The lowest BCUT2D eigenvalue weighted by Gasteiger charge is -1.31. The van der Waals surface area contributed by atoms with Gasteiger partial charge in [0.15, 0.2) is 0 Å². The number of carbonyl (C=O) groups excluding carboxylic acids is 1. The van der Waals surface area contributed by atoms with Crippen LogP contribution in [0.4, 0.5) is 0 Å². The van der Waals surface area contributed by atoms with Gasteiger partial charge < -0.3 is 4.79 Å². The molecule has 0 aromatic rings. The lowest BCUT2D eigenvalue weighted by atomic mass is 10.8. The van der Waals surface area contributed by atoms with E-state index < -0.39 is 0 Å². The number of nitrogens with zero attached hydrogens (tertiary/aromatic N) is 1. The van der Waals surface area contributed by atoms with Crippen molar-refractivity contribution in [2.45, 2.75) is 6.92 Å². The molecule has 0 amide bonds. The normalized spacial score (nSPS) is 4.00. The third-order valence-corrected chi connectivity index (χ3v) is 0.0913. The first kappa shape index (κ1) is 9.31. The third kappa shape index (κ3) is 4120. The second-order valence-corrected chi connectivity index (χ2v) is 0.569. The summed E-state index contributed by atoms with van der Waals surface area (Å²) in [5, 5.41) is 7.51. The maximum Gasteiger partial charge on any atom is 0.116 e. The zero-order valence-electron chi connectivity index (χ0n) is 4.22. The van der Waals surface area contributed by atoms with E-state index in [1.54, 1.807) is 6.07 Å². The number of aldehydes is 1. The number of carbonyl (C=O) groups is 1. The van der Waals surface area contributed by atoms with Crippen LogP contribution < -0.4 is 0 Å². The van der Waals surface area contributed by atoms with E-state index in [9.17, 15) is 0 Å². The van der Waals surface area contributed by atoms with E-state index in [1.807, 2.05) is 0 Å². The molecule has 0 aromatic heterocycles. The zero-order chi connectivity index (χ0) is 6.12. The second-order valence-electron chi connectivity index (χ2n) is 0.569. The number of nitriles is 1. The molecule has 38 valence electrons.